The molecule has 1 aromatic heterocycles. The molecule has 3 N–H and O–H groups in total. The van der Waals surface area contributed by atoms with Gasteiger partial charge in [0.15, 0.2) is 0 Å². The summed E-state index contributed by atoms with van der Waals surface area (Å²) < 4.78 is 0. The van der Waals surface area contributed by atoms with Crippen molar-refractivity contribution in [2.24, 2.45) is 11.7 Å². The summed E-state index contributed by atoms with van der Waals surface area (Å²) in [5.41, 5.74) is 6.33. The number of nitro groups is 1. The average molecular weight is 278 g/mol. The number of nitrogens with zero attached hydrogens (tertiary/aromatic N) is 2. The third-order valence-corrected chi connectivity index (χ3v) is 4.45. The predicted molar refractivity (Wildman–Crippen MR) is 78.7 cm³/mol. The summed E-state index contributed by atoms with van der Waals surface area (Å²) in [4.78, 5) is 14.7. The number of anilines is 1. The van der Waals surface area contributed by atoms with Crippen LogP contribution in [0.3, 0.4) is 0 Å². The van der Waals surface area contributed by atoms with Gasteiger partial charge in [0.25, 0.3) is 5.69 Å². The second kappa shape index (κ2) is 5.75. The van der Waals surface area contributed by atoms with Crippen LogP contribution in [0.5, 0.6) is 0 Å². The summed E-state index contributed by atoms with van der Waals surface area (Å²) in [7, 11) is 0. The SMILES string of the molecule is Cc1nc(NC2(CN)CCCCC2C)ccc1[N+](=O)[O-]. The van der Waals surface area contributed by atoms with Crippen LogP contribution in [0.1, 0.15) is 38.3 Å². The first-order valence-corrected chi connectivity index (χ1v) is 7.09. The molecule has 1 heterocycles. The Morgan fingerprint density at radius 3 is 2.85 bits per heavy atom. The van der Waals surface area contributed by atoms with E-state index in [2.05, 4.69) is 17.2 Å². The molecule has 2 rings (SSSR count). The van der Waals surface area contributed by atoms with Crippen LogP contribution in [0, 0.1) is 23.0 Å². The van der Waals surface area contributed by atoms with Crippen LogP contribution in [0.15, 0.2) is 12.1 Å². The lowest BCUT2D eigenvalue weighted by Crippen LogP contribution is -2.52. The first kappa shape index (κ1) is 14.7. The van der Waals surface area contributed by atoms with E-state index in [1.807, 2.05) is 0 Å². The molecular formula is C14H22N4O2. The lowest BCUT2D eigenvalue weighted by Gasteiger charge is -2.43. The highest BCUT2D eigenvalue weighted by atomic mass is 16.6. The van der Waals surface area contributed by atoms with Crippen LogP contribution in [0.4, 0.5) is 11.5 Å². The average Bonchev–Trinajstić information content (AvgIpc) is 2.41. The summed E-state index contributed by atoms with van der Waals surface area (Å²) in [6, 6.07) is 3.17. The summed E-state index contributed by atoms with van der Waals surface area (Å²) in [6.45, 7) is 4.41. The highest BCUT2D eigenvalue weighted by Crippen LogP contribution is 2.35. The molecule has 110 valence electrons. The normalized spacial score (nSPS) is 26.2. The van der Waals surface area contributed by atoms with Crippen molar-refractivity contribution in [3.8, 4) is 0 Å². The van der Waals surface area contributed by atoms with Crippen LogP contribution in [-0.4, -0.2) is 22.0 Å². The van der Waals surface area contributed by atoms with E-state index in [9.17, 15) is 10.1 Å². The van der Waals surface area contributed by atoms with Gasteiger partial charge in [-0.15, -0.1) is 0 Å². The molecule has 0 bridgehead atoms. The van der Waals surface area contributed by atoms with E-state index in [4.69, 9.17) is 5.73 Å². The Hall–Kier alpha value is -1.69. The smallest absolute Gasteiger partial charge is 0.290 e. The van der Waals surface area contributed by atoms with E-state index in [-0.39, 0.29) is 11.2 Å². The molecule has 6 nitrogen and oxygen atoms in total. The van der Waals surface area contributed by atoms with Crippen molar-refractivity contribution >= 4 is 11.5 Å². The second-order valence-electron chi connectivity index (χ2n) is 5.69. The Kier molecular flexibility index (Phi) is 4.23. The number of nitrogens with one attached hydrogen (secondary N) is 1. The zero-order valence-electron chi connectivity index (χ0n) is 12.1. The lowest BCUT2D eigenvalue weighted by atomic mass is 9.73. The van der Waals surface area contributed by atoms with Crippen molar-refractivity contribution in [1.29, 1.82) is 0 Å². The van der Waals surface area contributed by atoms with Crippen LogP contribution in [0.25, 0.3) is 0 Å². The van der Waals surface area contributed by atoms with Crippen molar-refractivity contribution in [2.75, 3.05) is 11.9 Å². The van der Waals surface area contributed by atoms with Crippen LogP contribution < -0.4 is 11.1 Å². The van der Waals surface area contributed by atoms with Gasteiger partial charge >= 0.3 is 0 Å². The Morgan fingerprint density at radius 2 is 2.30 bits per heavy atom. The molecule has 0 spiro atoms. The van der Waals surface area contributed by atoms with Gasteiger partial charge in [-0.25, -0.2) is 4.98 Å². The number of aryl methyl sites for hydroxylation is 1. The van der Waals surface area contributed by atoms with E-state index in [1.165, 1.54) is 12.5 Å². The summed E-state index contributed by atoms with van der Waals surface area (Å²) in [6.07, 6.45) is 4.55. The molecule has 0 radical (unpaired) electrons. The van der Waals surface area contributed by atoms with Crippen molar-refractivity contribution in [2.45, 2.75) is 45.1 Å². The number of pyridine rings is 1. The third kappa shape index (κ3) is 2.75. The molecule has 0 aliphatic heterocycles. The van der Waals surface area contributed by atoms with Gasteiger partial charge in [-0.2, -0.15) is 0 Å². The fourth-order valence-electron chi connectivity index (χ4n) is 3.02. The molecule has 6 heteroatoms. The highest BCUT2D eigenvalue weighted by molar-refractivity contribution is 5.46. The van der Waals surface area contributed by atoms with E-state index < -0.39 is 4.92 Å². The minimum Gasteiger partial charge on any atom is -0.363 e. The maximum atomic E-state index is 10.8. The van der Waals surface area contributed by atoms with Gasteiger partial charge in [-0.1, -0.05) is 19.8 Å². The van der Waals surface area contributed by atoms with E-state index >= 15 is 0 Å². The molecule has 1 aliphatic rings. The van der Waals surface area contributed by atoms with E-state index in [0.717, 1.165) is 19.3 Å². The maximum absolute atomic E-state index is 10.8. The van der Waals surface area contributed by atoms with Gasteiger partial charge in [-0.05, 0) is 31.7 Å². The molecule has 1 aromatic rings. The number of rotatable bonds is 4. The van der Waals surface area contributed by atoms with Gasteiger partial charge in [0.05, 0.1) is 10.5 Å². The van der Waals surface area contributed by atoms with Gasteiger partial charge in [0.2, 0.25) is 0 Å². The second-order valence-corrected chi connectivity index (χ2v) is 5.69. The first-order chi connectivity index (χ1) is 9.48. The summed E-state index contributed by atoms with van der Waals surface area (Å²) >= 11 is 0. The molecule has 2 unspecified atom stereocenters. The molecule has 2 atom stereocenters. The molecule has 0 aromatic carbocycles. The standard InChI is InChI=1S/C14H22N4O2/c1-10-5-3-4-8-14(10,9-15)17-13-7-6-12(18(19)20)11(2)16-13/h6-7,10H,3-5,8-9,15H2,1-2H3,(H,16,17). The number of nitrogens with two attached hydrogens (primary N) is 1. The van der Waals surface area contributed by atoms with Gasteiger partial charge < -0.3 is 11.1 Å². The molecule has 0 saturated heterocycles. The quantitative estimate of drug-likeness (QED) is 0.652. The van der Waals surface area contributed by atoms with Crippen molar-refractivity contribution < 1.29 is 4.92 Å². The lowest BCUT2D eigenvalue weighted by molar-refractivity contribution is -0.385. The summed E-state index contributed by atoms with van der Waals surface area (Å²) in [5, 5.41) is 14.3. The minimum atomic E-state index is -0.409. The summed E-state index contributed by atoms with van der Waals surface area (Å²) in [5.74, 6) is 1.14. The Balaban J connectivity index is 2.23. The fraction of sp³-hybridized carbons (Fsp3) is 0.643. The number of hydrogen-bond donors (Lipinski definition) is 2. The minimum absolute atomic E-state index is 0.0500. The zero-order valence-corrected chi connectivity index (χ0v) is 12.1. The monoisotopic (exact) mass is 278 g/mol. The predicted octanol–water partition coefficient (Wildman–Crippen LogP) is 2.62. The Morgan fingerprint density at radius 1 is 1.55 bits per heavy atom. The van der Waals surface area contributed by atoms with Crippen LogP contribution >= 0.6 is 0 Å². The van der Waals surface area contributed by atoms with Crippen LogP contribution in [-0.2, 0) is 0 Å². The highest BCUT2D eigenvalue weighted by Gasteiger charge is 2.37. The van der Waals surface area contributed by atoms with Crippen molar-refractivity contribution in [3.63, 3.8) is 0 Å². The Bertz CT molecular complexity index is 506. The number of hydrogen-bond acceptors (Lipinski definition) is 5. The topological polar surface area (TPSA) is 94.1 Å². The van der Waals surface area contributed by atoms with Gasteiger partial charge in [0, 0.05) is 12.6 Å². The van der Waals surface area contributed by atoms with E-state index in [1.54, 1.807) is 13.0 Å². The van der Waals surface area contributed by atoms with Gasteiger partial charge in [0.1, 0.15) is 11.5 Å². The van der Waals surface area contributed by atoms with Crippen molar-refractivity contribution in [3.05, 3.63) is 27.9 Å². The van der Waals surface area contributed by atoms with E-state index in [0.29, 0.717) is 24.0 Å². The Labute approximate surface area is 118 Å². The van der Waals surface area contributed by atoms with Crippen molar-refractivity contribution in [1.82, 2.24) is 4.98 Å². The first-order valence-electron chi connectivity index (χ1n) is 7.09. The fourth-order valence-corrected chi connectivity index (χ4v) is 3.02. The molecule has 1 aliphatic carbocycles. The largest absolute Gasteiger partial charge is 0.363 e. The molecule has 20 heavy (non-hydrogen) atoms. The molecule has 1 fully saturated rings. The maximum Gasteiger partial charge on any atom is 0.290 e. The molecule has 0 amide bonds. The molecular weight excluding hydrogens is 256 g/mol. The van der Waals surface area contributed by atoms with Crippen LogP contribution in [0.2, 0.25) is 0 Å². The molecule has 1 saturated carbocycles. The van der Waals surface area contributed by atoms with Gasteiger partial charge in [-0.3, -0.25) is 10.1 Å². The number of aromatic nitrogens is 1. The zero-order chi connectivity index (χ0) is 14.8. The third-order valence-electron chi connectivity index (χ3n) is 4.45.